The summed E-state index contributed by atoms with van der Waals surface area (Å²) in [6.07, 6.45) is 2.95. The highest BCUT2D eigenvalue weighted by Crippen LogP contribution is 2.13. The Morgan fingerprint density at radius 1 is 1.73 bits per heavy atom. The van der Waals surface area contributed by atoms with Gasteiger partial charge in [-0.3, -0.25) is 0 Å². The van der Waals surface area contributed by atoms with E-state index in [2.05, 4.69) is 5.16 Å². The molecule has 4 heteroatoms. The van der Waals surface area contributed by atoms with Crippen molar-refractivity contribution in [3.63, 3.8) is 0 Å². The lowest BCUT2D eigenvalue weighted by Gasteiger charge is -2.09. The Hall–Kier alpha value is -0.0231. The van der Waals surface area contributed by atoms with Crippen LogP contribution in [0, 0.1) is 0 Å². The van der Waals surface area contributed by atoms with Gasteiger partial charge in [0.2, 0.25) is 0 Å². The standard InChI is InChI=1S/C7H16ClNOSi/c1-2-6(9-10)7(11)4-3-5-8/h7,10H,2-5H2,1,11H3. The Labute approximate surface area is 76.0 Å². The third-order valence-corrected chi connectivity index (χ3v) is 3.34. The Bertz CT molecular complexity index is 130. The van der Waals surface area contributed by atoms with Gasteiger partial charge in [0.25, 0.3) is 0 Å². The minimum absolute atomic E-state index is 0.503. The van der Waals surface area contributed by atoms with E-state index >= 15 is 0 Å². The van der Waals surface area contributed by atoms with Crippen molar-refractivity contribution >= 4 is 27.6 Å². The van der Waals surface area contributed by atoms with Crippen LogP contribution in [0.4, 0.5) is 0 Å². The summed E-state index contributed by atoms with van der Waals surface area (Å²) in [5.74, 6) is 0.709. The van der Waals surface area contributed by atoms with Crippen molar-refractivity contribution in [2.75, 3.05) is 5.88 Å². The minimum Gasteiger partial charge on any atom is -0.411 e. The molecule has 0 aliphatic rings. The molecule has 0 spiro atoms. The maximum absolute atomic E-state index is 8.57. The molecule has 66 valence electrons. The van der Waals surface area contributed by atoms with Crippen molar-refractivity contribution in [1.29, 1.82) is 0 Å². The topological polar surface area (TPSA) is 32.6 Å². The predicted octanol–water partition coefficient (Wildman–Crippen LogP) is 1.40. The van der Waals surface area contributed by atoms with Crippen molar-refractivity contribution in [3.8, 4) is 0 Å². The molecule has 0 radical (unpaired) electrons. The molecule has 0 saturated carbocycles. The summed E-state index contributed by atoms with van der Waals surface area (Å²) in [6.45, 7) is 2.01. The lowest BCUT2D eigenvalue weighted by Crippen LogP contribution is -2.07. The van der Waals surface area contributed by atoms with Crippen LogP contribution < -0.4 is 0 Å². The summed E-state index contributed by atoms with van der Waals surface area (Å²) in [5.41, 5.74) is 1.44. The largest absolute Gasteiger partial charge is 0.411 e. The highest BCUT2D eigenvalue weighted by molar-refractivity contribution is 6.25. The second-order valence-corrected chi connectivity index (χ2v) is 4.45. The molecule has 1 atom stereocenters. The molecule has 0 amide bonds. The summed E-state index contributed by atoms with van der Waals surface area (Å²) in [5, 5.41) is 11.8. The first kappa shape index (κ1) is 11.0. The number of hydrogen-bond acceptors (Lipinski definition) is 2. The first-order valence-corrected chi connectivity index (χ1v) is 5.72. The average Bonchev–Trinajstić information content (AvgIpc) is 2.03. The molecule has 0 aromatic rings. The van der Waals surface area contributed by atoms with Gasteiger partial charge in [0.1, 0.15) is 0 Å². The molecule has 0 aromatic carbocycles. The van der Waals surface area contributed by atoms with Crippen LogP contribution in [0.25, 0.3) is 0 Å². The molecule has 2 nitrogen and oxygen atoms in total. The maximum atomic E-state index is 8.57. The quantitative estimate of drug-likeness (QED) is 0.231. The fraction of sp³-hybridized carbons (Fsp3) is 0.857. The summed E-state index contributed by atoms with van der Waals surface area (Å²) in [6, 6.07) is 0. The van der Waals surface area contributed by atoms with Crippen molar-refractivity contribution in [2.24, 2.45) is 5.16 Å². The number of rotatable bonds is 5. The van der Waals surface area contributed by atoms with Crippen LogP contribution in [-0.4, -0.2) is 27.0 Å². The molecule has 1 unspecified atom stereocenters. The zero-order valence-corrected chi connectivity index (χ0v) is 9.93. The number of oxime groups is 1. The monoisotopic (exact) mass is 193 g/mol. The predicted molar refractivity (Wildman–Crippen MR) is 53.2 cm³/mol. The SMILES string of the molecule is CCC(=NO)C([SiH3])CCCCl. The van der Waals surface area contributed by atoms with Gasteiger partial charge >= 0.3 is 0 Å². The Morgan fingerprint density at radius 2 is 2.36 bits per heavy atom. The Balaban J connectivity index is 3.70. The van der Waals surface area contributed by atoms with Crippen LogP contribution in [0.3, 0.4) is 0 Å². The Morgan fingerprint density at radius 3 is 2.73 bits per heavy atom. The molecule has 0 bridgehead atoms. The van der Waals surface area contributed by atoms with E-state index in [4.69, 9.17) is 16.8 Å². The summed E-state index contributed by atoms with van der Waals surface area (Å²) in [7, 11) is 1.06. The van der Waals surface area contributed by atoms with Crippen LogP contribution in [0.1, 0.15) is 26.2 Å². The van der Waals surface area contributed by atoms with E-state index in [-0.39, 0.29) is 0 Å². The second-order valence-electron chi connectivity index (χ2n) is 2.68. The van der Waals surface area contributed by atoms with Crippen LogP contribution in [0.2, 0.25) is 5.54 Å². The van der Waals surface area contributed by atoms with Gasteiger partial charge in [0.15, 0.2) is 0 Å². The number of halogens is 1. The van der Waals surface area contributed by atoms with Gasteiger partial charge in [-0.15, -0.1) is 11.6 Å². The first-order chi connectivity index (χ1) is 5.26. The molecule has 0 heterocycles. The molecule has 0 aliphatic carbocycles. The molecule has 0 fully saturated rings. The number of hydrogen-bond donors (Lipinski definition) is 1. The fourth-order valence-corrected chi connectivity index (χ4v) is 2.15. The van der Waals surface area contributed by atoms with Crippen LogP contribution in [0.15, 0.2) is 5.16 Å². The van der Waals surface area contributed by atoms with Crippen molar-refractivity contribution in [2.45, 2.75) is 31.7 Å². The molecule has 0 rings (SSSR count). The second kappa shape index (κ2) is 6.67. The van der Waals surface area contributed by atoms with Gasteiger partial charge in [-0.05, 0) is 24.8 Å². The summed E-state index contributed by atoms with van der Waals surface area (Å²) in [4.78, 5) is 0. The average molecular weight is 194 g/mol. The first-order valence-electron chi connectivity index (χ1n) is 4.03. The van der Waals surface area contributed by atoms with Gasteiger partial charge in [-0.2, -0.15) is 0 Å². The normalized spacial score (nSPS) is 15.3. The molecular weight excluding hydrogens is 178 g/mol. The van der Waals surface area contributed by atoms with E-state index in [1.165, 1.54) is 0 Å². The van der Waals surface area contributed by atoms with E-state index in [1.54, 1.807) is 0 Å². The van der Waals surface area contributed by atoms with Crippen LogP contribution in [-0.2, 0) is 0 Å². The third-order valence-electron chi connectivity index (χ3n) is 1.83. The van der Waals surface area contributed by atoms with E-state index in [0.717, 1.165) is 35.2 Å². The van der Waals surface area contributed by atoms with Gasteiger partial charge in [0, 0.05) is 16.1 Å². The lowest BCUT2D eigenvalue weighted by atomic mass is 10.1. The number of nitrogens with zero attached hydrogens (tertiary/aromatic N) is 1. The van der Waals surface area contributed by atoms with Gasteiger partial charge in [0.05, 0.1) is 5.71 Å². The van der Waals surface area contributed by atoms with Crippen molar-refractivity contribution in [1.82, 2.24) is 0 Å². The lowest BCUT2D eigenvalue weighted by molar-refractivity contribution is 0.316. The molecule has 0 saturated heterocycles. The van der Waals surface area contributed by atoms with E-state index in [9.17, 15) is 0 Å². The van der Waals surface area contributed by atoms with Gasteiger partial charge in [-0.25, -0.2) is 0 Å². The Kier molecular flexibility index (Phi) is 6.66. The van der Waals surface area contributed by atoms with Crippen LogP contribution in [0.5, 0.6) is 0 Å². The smallest absolute Gasteiger partial charge is 0.0562 e. The summed E-state index contributed by atoms with van der Waals surface area (Å²) < 4.78 is 0. The van der Waals surface area contributed by atoms with Crippen molar-refractivity contribution in [3.05, 3.63) is 0 Å². The maximum Gasteiger partial charge on any atom is 0.0562 e. The molecule has 1 N–H and O–H groups in total. The summed E-state index contributed by atoms with van der Waals surface area (Å²) >= 11 is 5.55. The molecule has 0 aromatic heterocycles. The molecular formula is C7H16ClNOSi. The molecule has 11 heavy (non-hydrogen) atoms. The molecule has 0 aliphatic heterocycles. The van der Waals surface area contributed by atoms with Crippen molar-refractivity contribution < 1.29 is 5.21 Å². The third kappa shape index (κ3) is 4.43. The van der Waals surface area contributed by atoms with E-state index in [0.29, 0.717) is 11.4 Å². The zero-order valence-electron chi connectivity index (χ0n) is 7.18. The van der Waals surface area contributed by atoms with Crippen LogP contribution >= 0.6 is 11.6 Å². The van der Waals surface area contributed by atoms with Gasteiger partial charge < -0.3 is 5.21 Å². The fourth-order valence-electron chi connectivity index (χ4n) is 1.07. The minimum atomic E-state index is 0.503. The number of alkyl halides is 1. The van der Waals surface area contributed by atoms with Gasteiger partial charge in [-0.1, -0.05) is 12.1 Å². The van der Waals surface area contributed by atoms with E-state index < -0.39 is 0 Å². The highest BCUT2D eigenvalue weighted by atomic mass is 35.5. The zero-order chi connectivity index (χ0) is 8.69. The highest BCUT2D eigenvalue weighted by Gasteiger charge is 2.07. The van der Waals surface area contributed by atoms with E-state index in [1.807, 2.05) is 6.92 Å².